The SMILES string of the molecule is CC(C)(C)C(=O)Nc1cccc(C(=O)Nc2ccc(Oc3ccc(C(=O)O)c(C(=O)O)c3)cc2)c1. The van der Waals surface area contributed by atoms with Crippen molar-refractivity contribution >= 4 is 35.1 Å². The molecule has 0 saturated heterocycles. The van der Waals surface area contributed by atoms with Gasteiger partial charge >= 0.3 is 11.9 Å². The lowest BCUT2D eigenvalue weighted by atomic mass is 9.95. The lowest BCUT2D eigenvalue weighted by Crippen LogP contribution is -2.27. The lowest BCUT2D eigenvalue weighted by molar-refractivity contribution is -0.123. The minimum absolute atomic E-state index is 0.151. The second-order valence-corrected chi connectivity index (χ2v) is 8.68. The van der Waals surface area contributed by atoms with Crippen LogP contribution in [0.15, 0.2) is 66.7 Å². The largest absolute Gasteiger partial charge is 0.478 e. The van der Waals surface area contributed by atoms with E-state index in [1.807, 2.05) is 0 Å². The summed E-state index contributed by atoms with van der Waals surface area (Å²) in [6.07, 6.45) is 0. The van der Waals surface area contributed by atoms with Crippen LogP contribution in [0.1, 0.15) is 51.8 Å². The molecule has 3 rings (SSSR count). The van der Waals surface area contributed by atoms with E-state index in [0.717, 1.165) is 12.1 Å². The number of anilines is 2. The quantitative estimate of drug-likeness (QED) is 0.371. The molecule has 0 unspecified atom stereocenters. The van der Waals surface area contributed by atoms with Crippen LogP contribution >= 0.6 is 0 Å². The van der Waals surface area contributed by atoms with Gasteiger partial charge in [-0.3, -0.25) is 9.59 Å². The van der Waals surface area contributed by atoms with Gasteiger partial charge in [0.1, 0.15) is 11.5 Å². The highest BCUT2D eigenvalue weighted by molar-refractivity contribution is 6.05. The zero-order chi connectivity index (χ0) is 25.8. The maximum absolute atomic E-state index is 12.7. The van der Waals surface area contributed by atoms with Crippen molar-refractivity contribution in [3.63, 3.8) is 0 Å². The van der Waals surface area contributed by atoms with Gasteiger partial charge in [0.15, 0.2) is 0 Å². The van der Waals surface area contributed by atoms with Crippen LogP contribution in [0.3, 0.4) is 0 Å². The van der Waals surface area contributed by atoms with Crippen LogP contribution in [0.25, 0.3) is 0 Å². The van der Waals surface area contributed by atoms with Gasteiger partial charge in [-0.15, -0.1) is 0 Å². The van der Waals surface area contributed by atoms with Crippen molar-refractivity contribution in [2.45, 2.75) is 20.8 Å². The number of rotatable bonds is 7. The number of carbonyl (C=O) groups is 4. The van der Waals surface area contributed by atoms with E-state index < -0.39 is 17.4 Å². The van der Waals surface area contributed by atoms with Crippen LogP contribution in [0.2, 0.25) is 0 Å². The van der Waals surface area contributed by atoms with Crippen molar-refractivity contribution in [1.29, 1.82) is 0 Å². The van der Waals surface area contributed by atoms with Crippen molar-refractivity contribution in [3.05, 3.63) is 83.4 Å². The number of hydrogen-bond donors (Lipinski definition) is 4. The van der Waals surface area contributed by atoms with Gasteiger partial charge in [-0.05, 0) is 60.7 Å². The fourth-order valence-corrected chi connectivity index (χ4v) is 2.95. The van der Waals surface area contributed by atoms with Crippen LogP contribution in [0, 0.1) is 5.41 Å². The predicted molar refractivity (Wildman–Crippen MR) is 129 cm³/mol. The Morgan fingerprint density at radius 2 is 1.34 bits per heavy atom. The molecule has 3 aromatic rings. The molecular formula is C26H24N2O7. The van der Waals surface area contributed by atoms with E-state index >= 15 is 0 Å². The fourth-order valence-electron chi connectivity index (χ4n) is 2.95. The lowest BCUT2D eigenvalue weighted by Gasteiger charge is -2.18. The van der Waals surface area contributed by atoms with Gasteiger partial charge in [0.2, 0.25) is 5.91 Å². The van der Waals surface area contributed by atoms with E-state index in [-0.39, 0.29) is 28.7 Å². The first-order valence-electron chi connectivity index (χ1n) is 10.6. The van der Waals surface area contributed by atoms with Gasteiger partial charge in [-0.2, -0.15) is 0 Å². The number of carboxylic acid groups (broad SMARTS) is 2. The third-order valence-corrected chi connectivity index (χ3v) is 4.86. The number of aromatic carboxylic acids is 2. The highest BCUT2D eigenvalue weighted by Crippen LogP contribution is 2.26. The van der Waals surface area contributed by atoms with Crippen molar-refractivity contribution in [1.82, 2.24) is 0 Å². The summed E-state index contributed by atoms with van der Waals surface area (Å²) in [6.45, 7) is 5.38. The number of amides is 2. The number of ether oxygens (including phenoxy) is 1. The number of nitrogens with one attached hydrogen (secondary N) is 2. The minimum atomic E-state index is -1.38. The molecule has 180 valence electrons. The van der Waals surface area contributed by atoms with Crippen LogP contribution in [-0.2, 0) is 4.79 Å². The van der Waals surface area contributed by atoms with Crippen molar-refractivity contribution < 1.29 is 34.1 Å². The summed E-state index contributed by atoms with van der Waals surface area (Å²) in [6, 6.07) is 16.6. The zero-order valence-electron chi connectivity index (χ0n) is 19.3. The molecule has 0 radical (unpaired) electrons. The summed E-state index contributed by atoms with van der Waals surface area (Å²) in [5, 5.41) is 23.9. The summed E-state index contributed by atoms with van der Waals surface area (Å²) < 4.78 is 5.62. The minimum Gasteiger partial charge on any atom is -0.478 e. The standard InChI is InChI=1S/C26H24N2O7/c1-26(2,3)25(34)28-17-6-4-5-15(13-17)22(29)27-16-7-9-18(10-8-16)35-19-11-12-20(23(30)31)21(14-19)24(32)33/h4-14H,1-3H3,(H,27,29)(H,28,34)(H,30,31)(H,32,33). The second kappa shape index (κ2) is 10.1. The maximum Gasteiger partial charge on any atom is 0.336 e. The first kappa shape index (κ1) is 25.0. The third-order valence-electron chi connectivity index (χ3n) is 4.86. The topological polar surface area (TPSA) is 142 Å². The smallest absolute Gasteiger partial charge is 0.336 e. The van der Waals surface area contributed by atoms with E-state index in [1.54, 1.807) is 69.3 Å². The van der Waals surface area contributed by atoms with Crippen LogP contribution in [0.5, 0.6) is 11.5 Å². The number of hydrogen-bond acceptors (Lipinski definition) is 5. The Hall–Kier alpha value is -4.66. The van der Waals surface area contributed by atoms with E-state index in [9.17, 15) is 24.3 Å². The van der Waals surface area contributed by atoms with Gasteiger partial charge in [0.25, 0.3) is 5.91 Å². The average Bonchev–Trinajstić information content (AvgIpc) is 2.79. The van der Waals surface area contributed by atoms with Gasteiger partial charge in [-0.1, -0.05) is 26.8 Å². The van der Waals surface area contributed by atoms with Gasteiger partial charge in [0, 0.05) is 22.4 Å². The molecule has 0 aliphatic heterocycles. The van der Waals surface area contributed by atoms with E-state index in [1.165, 1.54) is 6.07 Å². The molecule has 0 heterocycles. The summed E-state index contributed by atoms with van der Waals surface area (Å²) in [4.78, 5) is 47.3. The predicted octanol–water partition coefficient (Wildman–Crippen LogP) is 5.11. The first-order valence-corrected chi connectivity index (χ1v) is 10.6. The third kappa shape index (κ3) is 6.44. The van der Waals surface area contributed by atoms with Gasteiger partial charge < -0.3 is 25.6 Å². The van der Waals surface area contributed by atoms with E-state index in [2.05, 4.69) is 10.6 Å². The Morgan fingerprint density at radius 1 is 0.714 bits per heavy atom. The second-order valence-electron chi connectivity index (χ2n) is 8.68. The number of carboxylic acids is 2. The molecule has 0 saturated carbocycles. The molecule has 0 bridgehead atoms. The van der Waals surface area contributed by atoms with Gasteiger partial charge in [0.05, 0.1) is 11.1 Å². The molecule has 3 aromatic carbocycles. The Labute approximate surface area is 201 Å². The Morgan fingerprint density at radius 3 is 1.94 bits per heavy atom. The highest BCUT2D eigenvalue weighted by Gasteiger charge is 2.21. The summed E-state index contributed by atoms with van der Waals surface area (Å²) >= 11 is 0. The van der Waals surface area contributed by atoms with Crippen molar-refractivity contribution in [2.24, 2.45) is 5.41 Å². The van der Waals surface area contributed by atoms with Crippen LogP contribution in [0.4, 0.5) is 11.4 Å². The van der Waals surface area contributed by atoms with Crippen LogP contribution in [-0.4, -0.2) is 34.0 Å². The first-order chi connectivity index (χ1) is 16.4. The molecule has 9 heteroatoms. The fraction of sp³-hybridized carbons (Fsp3) is 0.154. The molecular weight excluding hydrogens is 452 g/mol. The molecule has 0 aromatic heterocycles. The molecule has 35 heavy (non-hydrogen) atoms. The zero-order valence-corrected chi connectivity index (χ0v) is 19.3. The average molecular weight is 476 g/mol. The van der Waals surface area contributed by atoms with Crippen LogP contribution < -0.4 is 15.4 Å². The molecule has 4 N–H and O–H groups in total. The Bertz CT molecular complexity index is 1290. The van der Waals surface area contributed by atoms with Gasteiger partial charge in [-0.25, -0.2) is 9.59 Å². The molecule has 9 nitrogen and oxygen atoms in total. The summed E-state index contributed by atoms with van der Waals surface area (Å²) in [5.74, 6) is -2.77. The number of benzene rings is 3. The molecule has 0 aliphatic rings. The van der Waals surface area contributed by atoms with E-state index in [4.69, 9.17) is 9.84 Å². The Kier molecular flexibility index (Phi) is 7.20. The van der Waals surface area contributed by atoms with Crippen molar-refractivity contribution in [2.75, 3.05) is 10.6 Å². The highest BCUT2D eigenvalue weighted by atomic mass is 16.5. The Balaban J connectivity index is 1.68. The van der Waals surface area contributed by atoms with Crippen molar-refractivity contribution in [3.8, 4) is 11.5 Å². The summed E-state index contributed by atoms with van der Waals surface area (Å²) in [7, 11) is 0. The normalized spacial score (nSPS) is 10.8. The molecule has 0 aliphatic carbocycles. The molecule has 0 fully saturated rings. The number of carbonyl (C=O) groups excluding carboxylic acids is 2. The van der Waals surface area contributed by atoms with E-state index in [0.29, 0.717) is 22.7 Å². The molecule has 2 amide bonds. The summed E-state index contributed by atoms with van der Waals surface area (Å²) in [5.41, 5.74) is 0.0478. The molecule has 0 atom stereocenters. The monoisotopic (exact) mass is 476 g/mol. The molecule has 0 spiro atoms. The maximum atomic E-state index is 12.7.